The summed E-state index contributed by atoms with van der Waals surface area (Å²) < 4.78 is 0. The van der Waals surface area contributed by atoms with E-state index in [1.165, 1.54) is 12.8 Å². The van der Waals surface area contributed by atoms with Crippen molar-refractivity contribution in [3.63, 3.8) is 0 Å². The molecule has 0 saturated carbocycles. The topological polar surface area (TPSA) is 32.3 Å². The van der Waals surface area contributed by atoms with Gasteiger partial charge in [-0.2, -0.15) is 0 Å². The molecule has 1 rings (SSSR count). The molecule has 0 aliphatic heterocycles. The second kappa shape index (κ2) is 4.77. The highest BCUT2D eigenvalue weighted by Crippen LogP contribution is 2.15. The summed E-state index contributed by atoms with van der Waals surface area (Å²) in [6, 6.07) is 0.621. The lowest BCUT2D eigenvalue weighted by Crippen LogP contribution is -2.39. The van der Waals surface area contributed by atoms with Crippen LogP contribution in [0.25, 0.3) is 0 Å². The summed E-state index contributed by atoms with van der Waals surface area (Å²) in [5.74, 6) is 0. The summed E-state index contributed by atoms with van der Waals surface area (Å²) in [7, 11) is 0. The van der Waals surface area contributed by atoms with Crippen LogP contribution in [0.1, 0.15) is 33.1 Å². The number of aliphatic hydroxyl groups is 1. The molecule has 0 aromatic heterocycles. The van der Waals surface area contributed by atoms with E-state index in [0.29, 0.717) is 6.04 Å². The van der Waals surface area contributed by atoms with E-state index in [1.807, 2.05) is 0 Å². The van der Waals surface area contributed by atoms with Gasteiger partial charge in [-0.3, -0.25) is 0 Å². The Balaban J connectivity index is 2.22. The van der Waals surface area contributed by atoms with E-state index in [9.17, 15) is 0 Å². The molecule has 2 N–H and O–H groups in total. The van der Waals surface area contributed by atoms with Crippen molar-refractivity contribution in [2.75, 3.05) is 13.2 Å². The van der Waals surface area contributed by atoms with Gasteiger partial charge >= 0.3 is 0 Å². The highest BCUT2D eigenvalue weighted by atomic mass is 16.3. The zero-order chi connectivity index (χ0) is 9.73. The van der Waals surface area contributed by atoms with E-state index < -0.39 is 0 Å². The first-order valence-electron chi connectivity index (χ1n) is 5.13. The summed E-state index contributed by atoms with van der Waals surface area (Å²) >= 11 is 0. The van der Waals surface area contributed by atoms with Crippen LogP contribution in [0, 0.1) is 5.41 Å². The molecule has 0 aromatic carbocycles. The molecule has 1 aliphatic carbocycles. The summed E-state index contributed by atoms with van der Waals surface area (Å²) in [6.45, 7) is 5.32. The van der Waals surface area contributed by atoms with Gasteiger partial charge in [-0.05, 0) is 19.3 Å². The Bertz CT molecular complexity index is 175. The first-order chi connectivity index (χ1) is 6.14. The normalized spacial score (nSPS) is 23.5. The molecule has 2 nitrogen and oxygen atoms in total. The van der Waals surface area contributed by atoms with Crippen LogP contribution in [0.5, 0.6) is 0 Å². The minimum absolute atomic E-state index is 0.0150. The smallest absolute Gasteiger partial charge is 0.0494 e. The predicted molar refractivity (Wildman–Crippen MR) is 55.6 cm³/mol. The maximum Gasteiger partial charge on any atom is 0.0494 e. The van der Waals surface area contributed by atoms with Gasteiger partial charge in [0.25, 0.3) is 0 Å². The maximum atomic E-state index is 9.07. The molecular formula is C11H21NO. The second-order valence-electron chi connectivity index (χ2n) is 4.68. The first kappa shape index (κ1) is 10.7. The monoisotopic (exact) mass is 183 g/mol. The van der Waals surface area contributed by atoms with E-state index in [-0.39, 0.29) is 12.0 Å². The third-order valence-electron chi connectivity index (χ3n) is 2.57. The largest absolute Gasteiger partial charge is 0.396 e. The van der Waals surface area contributed by atoms with Gasteiger partial charge in [0.05, 0.1) is 0 Å². The SMILES string of the molecule is CC(C)(CO)CNC1CC=CCC1. The zero-order valence-electron chi connectivity index (χ0n) is 8.71. The Morgan fingerprint density at radius 3 is 2.77 bits per heavy atom. The van der Waals surface area contributed by atoms with Gasteiger partial charge in [-0.1, -0.05) is 26.0 Å². The van der Waals surface area contributed by atoms with Crippen molar-refractivity contribution in [1.82, 2.24) is 5.32 Å². The molecular weight excluding hydrogens is 162 g/mol. The summed E-state index contributed by atoms with van der Waals surface area (Å²) in [4.78, 5) is 0. The molecule has 0 spiro atoms. The van der Waals surface area contributed by atoms with Crippen molar-refractivity contribution in [2.45, 2.75) is 39.2 Å². The van der Waals surface area contributed by atoms with Crippen molar-refractivity contribution in [1.29, 1.82) is 0 Å². The molecule has 0 amide bonds. The van der Waals surface area contributed by atoms with Gasteiger partial charge in [0, 0.05) is 24.6 Å². The third-order valence-corrected chi connectivity index (χ3v) is 2.57. The standard InChI is InChI=1S/C11H21NO/c1-11(2,9-13)8-12-10-6-4-3-5-7-10/h3-4,10,12-13H,5-9H2,1-2H3. The number of nitrogens with one attached hydrogen (secondary N) is 1. The van der Waals surface area contributed by atoms with Crippen LogP contribution in [0.2, 0.25) is 0 Å². The Kier molecular flexibility index (Phi) is 3.94. The second-order valence-corrected chi connectivity index (χ2v) is 4.68. The van der Waals surface area contributed by atoms with Crippen LogP contribution < -0.4 is 5.32 Å². The average molecular weight is 183 g/mol. The molecule has 0 radical (unpaired) electrons. The van der Waals surface area contributed by atoms with Gasteiger partial charge in [0.1, 0.15) is 0 Å². The van der Waals surface area contributed by atoms with Crippen molar-refractivity contribution < 1.29 is 5.11 Å². The molecule has 0 aromatic rings. The van der Waals surface area contributed by atoms with E-state index in [1.54, 1.807) is 0 Å². The molecule has 1 unspecified atom stereocenters. The molecule has 1 atom stereocenters. The van der Waals surface area contributed by atoms with Crippen LogP contribution in [-0.4, -0.2) is 24.3 Å². The van der Waals surface area contributed by atoms with Crippen LogP contribution in [-0.2, 0) is 0 Å². The summed E-state index contributed by atoms with van der Waals surface area (Å²) in [5, 5.41) is 12.6. The van der Waals surface area contributed by atoms with Gasteiger partial charge < -0.3 is 10.4 Å². The Morgan fingerprint density at radius 2 is 2.23 bits per heavy atom. The van der Waals surface area contributed by atoms with Crippen LogP contribution >= 0.6 is 0 Å². The average Bonchev–Trinajstić information content (AvgIpc) is 2.17. The lowest BCUT2D eigenvalue weighted by atomic mass is 9.93. The molecule has 0 heterocycles. The van der Waals surface area contributed by atoms with Crippen LogP contribution in [0.15, 0.2) is 12.2 Å². The number of allylic oxidation sites excluding steroid dienone is 1. The molecule has 13 heavy (non-hydrogen) atoms. The maximum absolute atomic E-state index is 9.07. The molecule has 0 fully saturated rings. The van der Waals surface area contributed by atoms with Gasteiger partial charge in [-0.15, -0.1) is 0 Å². The van der Waals surface area contributed by atoms with Gasteiger partial charge in [0.15, 0.2) is 0 Å². The fourth-order valence-electron chi connectivity index (χ4n) is 1.46. The Hall–Kier alpha value is -0.340. The van der Waals surface area contributed by atoms with Crippen molar-refractivity contribution >= 4 is 0 Å². The molecule has 76 valence electrons. The highest BCUT2D eigenvalue weighted by molar-refractivity contribution is 4.93. The number of hydrogen-bond acceptors (Lipinski definition) is 2. The fourth-order valence-corrected chi connectivity index (χ4v) is 1.46. The number of rotatable bonds is 4. The first-order valence-corrected chi connectivity index (χ1v) is 5.13. The van der Waals surface area contributed by atoms with Crippen molar-refractivity contribution in [3.05, 3.63) is 12.2 Å². The van der Waals surface area contributed by atoms with Crippen LogP contribution in [0.4, 0.5) is 0 Å². The zero-order valence-corrected chi connectivity index (χ0v) is 8.71. The van der Waals surface area contributed by atoms with E-state index >= 15 is 0 Å². The molecule has 0 saturated heterocycles. The highest BCUT2D eigenvalue weighted by Gasteiger charge is 2.18. The quantitative estimate of drug-likeness (QED) is 0.650. The predicted octanol–water partition coefficient (Wildman–Crippen LogP) is 1.70. The van der Waals surface area contributed by atoms with Gasteiger partial charge in [-0.25, -0.2) is 0 Å². The minimum Gasteiger partial charge on any atom is -0.396 e. The van der Waals surface area contributed by atoms with Gasteiger partial charge in [0.2, 0.25) is 0 Å². The Labute approximate surface area is 81.0 Å². The number of hydrogen-bond donors (Lipinski definition) is 2. The summed E-state index contributed by atoms with van der Waals surface area (Å²) in [6.07, 6.45) is 8.05. The number of aliphatic hydroxyl groups excluding tert-OH is 1. The lowest BCUT2D eigenvalue weighted by molar-refractivity contribution is 0.152. The molecule has 1 aliphatic rings. The summed E-state index contributed by atoms with van der Waals surface area (Å²) in [5.41, 5.74) is 0.0150. The lowest BCUT2D eigenvalue weighted by Gasteiger charge is -2.27. The third kappa shape index (κ3) is 3.92. The van der Waals surface area contributed by atoms with Crippen LogP contribution in [0.3, 0.4) is 0 Å². The van der Waals surface area contributed by atoms with E-state index in [0.717, 1.165) is 13.0 Å². The van der Waals surface area contributed by atoms with Crippen molar-refractivity contribution in [2.24, 2.45) is 5.41 Å². The van der Waals surface area contributed by atoms with E-state index in [2.05, 4.69) is 31.3 Å². The molecule has 2 heteroatoms. The Morgan fingerprint density at radius 1 is 1.46 bits per heavy atom. The fraction of sp³-hybridized carbons (Fsp3) is 0.818. The van der Waals surface area contributed by atoms with E-state index in [4.69, 9.17) is 5.11 Å². The van der Waals surface area contributed by atoms with Crippen molar-refractivity contribution in [3.8, 4) is 0 Å². The minimum atomic E-state index is 0.0150. The molecule has 0 bridgehead atoms.